The summed E-state index contributed by atoms with van der Waals surface area (Å²) in [5.41, 5.74) is 3.28. The number of hydrogen-bond donors (Lipinski definition) is 1. The number of esters is 1. The predicted molar refractivity (Wildman–Crippen MR) is 107 cm³/mol. The monoisotopic (exact) mass is 439 g/mol. The minimum atomic E-state index is -0.576. The molecule has 28 heavy (non-hydrogen) atoms. The van der Waals surface area contributed by atoms with Crippen LogP contribution in [-0.2, 0) is 4.79 Å². The summed E-state index contributed by atoms with van der Waals surface area (Å²) < 4.78 is 11.2. The first kappa shape index (κ1) is 19.2. The van der Waals surface area contributed by atoms with Gasteiger partial charge in [-0.2, -0.15) is 5.10 Å². The van der Waals surface area contributed by atoms with Gasteiger partial charge in [0.1, 0.15) is 11.5 Å². The number of nitrogens with one attached hydrogen (secondary N) is 1. The molecule has 1 amide bonds. The van der Waals surface area contributed by atoms with Crippen LogP contribution in [0.15, 0.2) is 81.2 Å². The van der Waals surface area contributed by atoms with Crippen LogP contribution in [0.3, 0.4) is 0 Å². The van der Waals surface area contributed by atoms with Crippen molar-refractivity contribution in [2.45, 2.75) is 0 Å². The lowest BCUT2D eigenvalue weighted by Crippen LogP contribution is -2.17. The molecule has 2 aromatic heterocycles. The molecule has 1 N–H and O–H groups in total. The van der Waals surface area contributed by atoms with Gasteiger partial charge in [0.05, 0.1) is 18.0 Å². The third kappa shape index (κ3) is 5.49. The van der Waals surface area contributed by atoms with Crippen molar-refractivity contribution in [1.29, 1.82) is 0 Å². The molecule has 0 bridgehead atoms. The van der Waals surface area contributed by atoms with Gasteiger partial charge >= 0.3 is 5.97 Å². The summed E-state index contributed by atoms with van der Waals surface area (Å²) in [6, 6.07) is 11.8. The molecule has 0 aliphatic carbocycles. The molecule has 0 radical (unpaired) electrons. The van der Waals surface area contributed by atoms with Gasteiger partial charge in [-0.15, -0.1) is 0 Å². The molecule has 140 valence electrons. The van der Waals surface area contributed by atoms with Crippen LogP contribution in [0.2, 0.25) is 0 Å². The van der Waals surface area contributed by atoms with E-state index in [0.29, 0.717) is 16.9 Å². The summed E-state index contributed by atoms with van der Waals surface area (Å²) in [6.07, 6.45) is 8.66. The maximum absolute atomic E-state index is 12.0. The molecule has 1 aromatic carbocycles. The second-order valence-corrected chi connectivity index (χ2v) is 6.31. The molecule has 0 aliphatic rings. The van der Waals surface area contributed by atoms with Crippen molar-refractivity contribution >= 4 is 40.1 Å². The van der Waals surface area contributed by atoms with Crippen molar-refractivity contribution in [1.82, 2.24) is 10.4 Å². The third-order valence-corrected chi connectivity index (χ3v) is 3.90. The van der Waals surface area contributed by atoms with Gasteiger partial charge in [-0.3, -0.25) is 9.78 Å². The van der Waals surface area contributed by atoms with Crippen LogP contribution >= 0.6 is 15.9 Å². The summed E-state index contributed by atoms with van der Waals surface area (Å²) in [5, 5.41) is 3.92. The number of furan rings is 1. The summed E-state index contributed by atoms with van der Waals surface area (Å²) in [5.74, 6) is -0.156. The van der Waals surface area contributed by atoms with Gasteiger partial charge in [0.15, 0.2) is 0 Å². The van der Waals surface area contributed by atoms with Gasteiger partial charge in [-0.25, -0.2) is 10.2 Å². The number of carbonyl (C=O) groups excluding carboxylic acids is 2. The first-order chi connectivity index (χ1) is 13.6. The largest absolute Gasteiger partial charge is 0.465 e. The predicted octanol–water partition coefficient (Wildman–Crippen LogP) is 3.82. The molecule has 0 aliphatic heterocycles. The van der Waals surface area contributed by atoms with E-state index in [4.69, 9.17) is 9.15 Å². The summed E-state index contributed by atoms with van der Waals surface area (Å²) in [7, 11) is 0. The Morgan fingerprint density at radius 1 is 1.21 bits per heavy atom. The van der Waals surface area contributed by atoms with Gasteiger partial charge in [0.2, 0.25) is 0 Å². The van der Waals surface area contributed by atoms with Gasteiger partial charge in [-0.05, 0) is 48.5 Å². The van der Waals surface area contributed by atoms with Crippen LogP contribution in [0.1, 0.15) is 21.7 Å². The van der Waals surface area contributed by atoms with E-state index in [1.165, 1.54) is 30.8 Å². The summed E-state index contributed by atoms with van der Waals surface area (Å²) in [6.45, 7) is 0. The molecule has 2 heterocycles. The number of benzene rings is 1. The Hall–Kier alpha value is -3.52. The number of ether oxygens (including phenoxy) is 1. The average Bonchev–Trinajstić information content (AvgIpc) is 3.22. The Balaban J connectivity index is 1.68. The van der Waals surface area contributed by atoms with Gasteiger partial charge in [0.25, 0.3) is 5.91 Å². The van der Waals surface area contributed by atoms with Crippen LogP contribution in [0.5, 0.6) is 5.75 Å². The maximum Gasteiger partial charge on any atom is 0.336 e. The first-order valence-electron chi connectivity index (χ1n) is 8.08. The molecule has 0 atom stereocenters. The second kappa shape index (κ2) is 9.43. The highest BCUT2D eigenvalue weighted by Gasteiger charge is 2.08. The Kier molecular flexibility index (Phi) is 6.48. The minimum Gasteiger partial charge on any atom is -0.465 e. The third-order valence-electron chi connectivity index (χ3n) is 3.40. The smallest absolute Gasteiger partial charge is 0.336 e. The molecule has 7 nitrogen and oxygen atoms in total. The lowest BCUT2D eigenvalue weighted by atomic mass is 10.2. The van der Waals surface area contributed by atoms with E-state index in [0.717, 1.165) is 4.47 Å². The number of hydrogen-bond acceptors (Lipinski definition) is 6. The molecule has 0 fully saturated rings. The fourth-order valence-electron chi connectivity index (χ4n) is 2.11. The van der Waals surface area contributed by atoms with Crippen LogP contribution in [0, 0.1) is 0 Å². The SMILES string of the molecule is O=C(C=Cc1ccco1)Oc1ccc(Br)cc1C=NNC(=O)c1cccnc1. The Bertz CT molecular complexity index is 1020. The zero-order valence-electron chi connectivity index (χ0n) is 14.4. The topological polar surface area (TPSA) is 93.8 Å². The Labute approximate surface area is 168 Å². The van der Waals surface area contributed by atoms with Crippen LogP contribution in [0.25, 0.3) is 6.08 Å². The average molecular weight is 440 g/mol. The summed E-state index contributed by atoms with van der Waals surface area (Å²) in [4.78, 5) is 27.9. The Morgan fingerprint density at radius 3 is 2.86 bits per heavy atom. The fraction of sp³-hybridized carbons (Fsp3) is 0. The lowest BCUT2D eigenvalue weighted by Gasteiger charge is -2.06. The molecule has 3 aromatic rings. The number of carbonyl (C=O) groups is 2. The molecular weight excluding hydrogens is 426 g/mol. The molecule has 0 unspecified atom stereocenters. The summed E-state index contributed by atoms with van der Waals surface area (Å²) >= 11 is 3.35. The Morgan fingerprint density at radius 2 is 2.11 bits per heavy atom. The number of pyridine rings is 1. The van der Waals surface area contributed by atoms with E-state index in [-0.39, 0.29) is 5.75 Å². The van der Waals surface area contributed by atoms with Crippen LogP contribution < -0.4 is 10.2 Å². The fourth-order valence-corrected chi connectivity index (χ4v) is 2.49. The highest BCUT2D eigenvalue weighted by molar-refractivity contribution is 9.10. The van der Waals surface area contributed by atoms with Crippen LogP contribution in [0.4, 0.5) is 0 Å². The van der Waals surface area contributed by atoms with E-state index in [1.807, 2.05) is 0 Å². The van der Waals surface area contributed by atoms with Gasteiger partial charge in [0, 0.05) is 28.5 Å². The normalized spacial score (nSPS) is 11.0. The molecule has 3 rings (SSSR count). The standard InChI is InChI=1S/C20H14BrN3O4/c21-16-5-7-18(28-19(25)8-6-17-4-2-10-27-17)15(11-16)13-23-24-20(26)14-3-1-9-22-12-14/h1-13H,(H,24,26). The number of hydrazone groups is 1. The molecule has 0 saturated carbocycles. The number of rotatable bonds is 6. The van der Waals surface area contributed by atoms with E-state index in [2.05, 4.69) is 31.4 Å². The molecule has 0 saturated heterocycles. The van der Waals surface area contributed by atoms with Gasteiger partial charge < -0.3 is 9.15 Å². The van der Waals surface area contributed by atoms with Crippen molar-refractivity contribution < 1.29 is 18.7 Å². The molecular formula is C20H14BrN3O4. The van der Waals surface area contributed by atoms with Crippen molar-refractivity contribution in [3.05, 3.63) is 88.6 Å². The van der Waals surface area contributed by atoms with Crippen LogP contribution in [-0.4, -0.2) is 23.1 Å². The number of amides is 1. The lowest BCUT2D eigenvalue weighted by molar-refractivity contribution is -0.128. The number of aromatic nitrogens is 1. The van der Waals surface area contributed by atoms with Gasteiger partial charge in [-0.1, -0.05) is 15.9 Å². The van der Waals surface area contributed by atoms with Crippen molar-refractivity contribution in [2.75, 3.05) is 0 Å². The van der Waals surface area contributed by atoms with Crippen molar-refractivity contribution in [2.24, 2.45) is 5.10 Å². The first-order valence-corrected chi connectivity index (χ1v) is 8.87. The van der Waals surface area contributed by atoms with Crippen molar-refractivity contribution in [3.8, 4) is 5.75 Å². The van der Waals surface area contributed by atoms with E-state index < -0.39 is 11.9 Å². The van der Waals surface area contributed by atoms with E-state index >= 15 is 0 Å². The quantitative estimate of drug-likeness (QED) is 0.207. The highest BCUT2D eigenvalue weighted by Crippen LogP contribution is 2.22. The number of halogens is 1. The number of nitrogens with zero attached hydrogens (tertiary/aromatic N) is 2. The highest BCUT2D eigenvalue weighted by atomic mass is 79.9. The maximum atomic E-state index is 12.0. The zero-order chi connectivity index (χ0) is 19.8. The van der Waals surface area contributed by atoms with E-state index in [9.17, 15) is 9.59 Å². The van der Waals surface area contributed by atoms with Crippen molar-refractivity contribution in [3.63, 3.8) is 0 Å². The second-order valence-electron chi connectivity index (χ2n) is 5.39. The molecule has 8 heteroatoms. The molecule has 0 spiro atoms. The minimum absolute atomic E-state index is 0.289. The zero-order valence-corrected chi connectivity index (χ0v) is 16.0. The van der Waals surface area contributed by atoms with E-state index in [1.54, 1.807) is 48.7 Å².